The Hall–Kier alpha value is -3.15. The van der Waals surface area contributed by atoms with Crippen molar-refractivity contribution in [2.24, 2.45) is 5.10 Å². The molecule has 2 aromatic rings. The highest BCUT2D eigenvalue weighted by Gasteiger charge is 2.07. The number of nitrogens with one attached hydrogen (secondary N) is 2. The van der Waals surface area contributed by atoms with E-state index in [0.29, 0.717) is 29.8 Å². The van der Waals surface area contributed by atoms with Gasteiger partial charge in [0.1, 0.15) is 5.75 Å². The number of rotatable bonds is 7. The number of benzene rings is 2. The van der Waals surface area contributed by atoms with E-state index in [2.05, 4.69) is 15.8 Å². The van der Waals surface area contributed by atoms with Gasteiger partial charge in [-0.1, -0.05) is 13.8 Å². The van der Waals surface area contributed by atoms with Gasteiger partial charge in [-0.25, -0.2) is 5.43 Å². The summed E-state index contributed by atoms with van der Waals surface area (Å²) in [6.45, 7) is 3.88. The van der Waals surface area contributed by atoms with E-state index in [4.69, 9.17) is 0 Å². The molecule has 0 heterocycles. The molecular formula is C20H23N3O3. The molecule has 6 nitrogen and oxygen atoms in total. The van der Waals surface area contributed by atoms with Crippen molar-refractivity contribution in [3.63, 3.8) is 0 Å². The van der Waals surface area contributed by atoms with Crippen LogP contribution in [0.2, 0.25) is 0 Å². The van der Waals surface area contributed by atoms with E-state index in [9.17, 15) is 14.7 Å². The lowest BCUT2D eigenvalue weighted by Crippen LogP contribution is -2.20. The SMILES string of the molecule is CCCC(=O)Nc1ccc(C(=O)NN=C(CC)c2ccc(O)cc2)cc1. The summed E-state index contributed by atoms with van der Waals surface area (Å²) in [7, 11) is 0. The zero-order valence-electron chi connectivity index (χ0n) is 15.0. The molecule has 0 bridgehead atoms. The van der Waals surface area contributed by atoms with Crippen LogP contribution in [0.25, 0.3) is 0 Å². The predicted molar refractivity (Wildman–Crippen MR) is 102 cm³/mol. The fraction of sp³-hybridized carbons (Fsp3) is 0.250. The van der Waals surface area contributed by atoms with E-state index in [1.165, 1.54) is 0 Å². The van der Waals surface area contributed by atoms with Gasteiger partial charge < -0.3 is 10.4 Å². The van der Waals surface area contributed by atoms with Gasteiger partial charge in [-0.2, -0.15) is 5.10 Å². The van der Waals surface area contributed by atoms with Gasteiger partial charge in [0, 0.05) is 17.7 Å². The van der Waals surface area contributed by atoms with Crippen molar-refractivity contribution >= 4 is 23.2 Å². The van der Waals surface area contributed by atoms with E-state index < -0.39 is 0 Å². The fourth-order valence-electron chi connectivity index (χ4n) is 2.34. The fourth-order valence-corrected chi connectivity index (χ4v) is 2.34. The molecule has 0 fully saturated rings. The summed E-state index contributed by atoms with van der Waals surface area (Å²) < 4.78 is 0. The Bertz CT molecular complexity index is 781. The number of amides is 2. The minimum Gasteiger partial charge on any atom is -0.508 e. The Kier molecular flexibility index (Phi) is 6.91. The summed E-state index contributed by atoms with van der Waals surface area (Å²) in [6, 6.07) is 13.3. The highest BCUT2D eigenvalue weighted by atomic mass is 16.3. The quantitative estimate of drug-likeness (QED) is 0.524. The number of phenols is 1. The van der Waals surface area contributed by atoms with Crippen molar-refractivity contribution in [2.75, 3.05) is 5.32 Å². The summed E-state index contributed by atoms with van der Waals surface area (Å²) in [6.07, 6.45) is 1.88. The molecule has 2 amide bonds. The Morgan fingerprint density at radius 3 is 2.15 bits per heavy atom. The Balaban J connectivity index is 2.02. The summed E-state index contributed by atoms with van der Waals surface area (Å²) in [4.78, 5) is 23.8. The highest BCUT2D eigenvalue weighted by Crippen LogP contribution is 2.13. The second-order valence-electron chi connectivity index (χ2n) is 5.78. The standard InChI is InChI=1S/C20H23N3O3/c1-3-5-19(25)21-16-10-6-15(7-11-16)20(26)23-22-18(4-2)14-8-12-17(24)13-9-14/h6-13,24H,3-5H2,1-2H3,(H,21,25)(H,23,26). The lowest BCUT2D eigenvalue weighted by Gasteiger charge is -2.07. The van der Waals surface area contributed by atoms with E-state index in [0.717, 1.165) is 12.0 Å². The molecule has 0 aliphatic heterocycles. The van der Waals surface area contributed by atoms with Gasteiger partial charge in [0.2, 0.25) is 5.91 Å². The average molecular weight is 353 g/mol. The monoisotopic (exact) mass is 353 g/mol. The van der Waals surface area contributed by atoms with Crippen LogP contribution in [0, 0.1) is 0 Å². The molecule has 2 rings (SSSR count). The van der Waals surface area contributed by atoms with Crippen molar-refractivity contribution in [1.29, 1.82) is 0 Å². The zero-order chi connectivity index (χ0) is 18.9. The van der Waals surface area contributed by atoms with Crippen molar-refractivity contribution in [3.05, 3.63) is 59.7 Å². The molecule has 0 radical (unpaired) electrons. The van der Waals surface area contributed by atoms with E-state index >= 15 is 0 Å². The maximum absolute atomic E-state index is 12.2. The lowest BCUT2D eigenvalue weighted by atomic mass is 10.1. The second-order valence-corrected chi connectivity index (χ2v) is 5.78. The molecule has 3 N–H and O–H groups in total. The minimum atomic E-state index is -0.332. The molecule has 0 aliphatic rings. The van der Waals surface area contributed by atoms with Gasteiger partial charge in [0.15, 0.2) is 0 Å². The molecule has 0 aliphatic carbocycles. The van der Waals surface area contributed by atoms with Gasteiger partial charge in [0.05, 0.1) is 5.71 Å². The number of hydrogen-bond donors (Lipinski definition) is 3. The maximum Gasteiger partial charge on any atom is 0.271 e. The first-order chi connectivity index (χ1) is 12.5. The molecule has 26 heavy (non-hydrogen) atoms. The first kappa shape index (κ1) is 19.2. The van der Waals surface area contributed by atoms with Crippen LogP contribution in [0.1, 0.15) is 49.0 Å². The van der Waals surface area contributed by atoms with Crippen molar-refractivity contribution in [3.8, 4) is 5.75 Å². The van der Waals surface area contributed by atoms with E-state index in [-0.39, 0.29) is 17.6 Å². The van der Waals surface area contributed by atoms with Crippen LogP contribution in [-0.2, 0) is 4.79 Å². The lowest BCUT2D eigenvalue weighted by molar-refractivity contribution is -0.116. The van der Waals surface area contributed by atoms with Crippen LogP contribution in [0.3, 0.4) is 0 Å². The molecule has 0 aromatic heterocycles. The number of hydrogen-bond acceptors (Lipinski definition) is 4. The molecule has 0 saturated heterocycles. The molecule has 0 saturated carbocycles. The number of anilines is 1. The topological polar surface area (TPSA) is 90.8 Å². The van der Waals surface area contributed by atoms with Crippen LogP contribution in [-0.4, -0.2) is 22.6 Å². The predicted octanol–water partition coefficient (Wildman–Crippen LogP) is 3.67. The summed E-state index contributed by atoms with van der Waals surface area (Å²) in [5, 5.41) is 16.3. The van der Waals surface area contributed by atoms with E-state index in [1.807, 2.05) is 13.8 Å². The van der Waals surface area contributed by atoms with Gasteiger partial charge in [0.25, 0.3) is 5.91 Å². The zero-order valence-corrected chi connectivity index (χ0v) is 15.0. The van der Waals surface area contributed by atoms with Crippen LogP contribution in [0.4, 0.5) is 5.69 Å². The third-order valence-electron chi connectivity index (χ3n) is 3.74. The van der Waals surface area contributed by atoms with Gasteiger partial charge in [-0.3, -0.25) is 9.59 Å². The molecule has 2 aromatic carbocycles. The Labute approximate surface area is 152 Å². The Morgan fingerprint density at radius 1 is 0.962 bits per heavy atom. The molecule has 0 atom stereocenters. The normalized spacial score (nSPS) is 11.1. The second kappa shape index (κ2) is 9.36. The smallest absolute Gasteiger partial charge is 0.271 e. The Morgan fingerprint density at radius 2 is 1.58 bits per heavy atom. The first-order valence-electron chi connectivity index (χ1n) is 8.59. The summed E-state index contributed by atoms with van der Waals surface area (Å²) in [5.74, 6) is -0.198. The maximum atomic E-state index is 12.2. The van der Waals surface area contributed by atoms with Crippen LogP contribution < -0.4 is 10.7 Å². The van der Waals surface area contributed by atoms with Crippen molar-refractivity contribution < 1.29 is 14.7 Å². The minimum absolute atomic E-state index is 0.0456. The third kappa shape index (κ3) is 5.44. The van der Waals surface area contributed by atoms with E-state index in [1.54, 1.807) is 48.5 Å². The highest BCUT2D eigenvalue weighted by molar-refractivity contribution is 6.02. The number of aromatic hydroxyl groups is 1. The molecule has 0 unspecified atom stereocenters. The van der Waals surface area contributed by atoms with Crippen LogP contribution >= 0.6 is 0 Å². The summed E-state index contributed by atoms with van der Waals surface area (Å²) in [5.41, 5.74) is 5.19. The number of hydrazone groups is 1. The third-order valence-corrected chi connectivity index (χ3v) is 3.74. The summed E-state index contributed by atoms with van der Waals surface area (Å²) >= 11 is 0. The van der Waals surface area contributed by atoms with Gasteiger partial charge >= 0.3 is 0 Å². The van der Waals surface area contributed by atoms with Gasteiger partial charge in [-0.05, 0) is 66.9 Å². The molecular weight excluding hydrogens is 330 g/mol. The molecule has 136 valence electrons. The van der Waals surface area contributed by atoms with Crippen LogP contribution in [0.15, 0.2) is 53.6 Å². The number of carbonyl (C=O) groups is 2. The number of phenolic OH excluding ortho intramolecular Hbond substituents is 1. The van der Waals surface area contributed by atoms with Crippen LogP contribution in [0.5, 0.6) is 5.75 Å². The first-order valence-corrected chi connectivity index (χ1v) is 8.59. The number of carbonyl (C=O) groups excluding carboxylic acids is 2. The average Bonchev–Trinajstić information content (AvgIpc) is 2.64. The number of nitrogens with zero attached hydrogens (tertiary/aromatic N) is 1. The van der Waals surface area contributed by atoms with Crippen molar-refractivity contribution in [2.45, 2.75) is 33.1 Å². The van der Waals surface area contributed by atoms with Crippen molar-refractivity contribution in [1.82, 2.24) is 5.43 Å². The largest absolute Gasteiger partial charge is 0.508 e. The molecule has 0 spiro atoms. The van der Waals surface area contributed by atoms with Gasteiger partial charge in [-0.15, -0.1) is 0 Å². The molecule has 6 heteroatoms.